The molecular formula is C16H15ClN2O2. The molecule has 4 nitrogen and oxygen atoms in total. The van der Waals surface area contributed by atoms with Crippen molar-refractivity contribution in [2.24, 2.45) is 0 Å². The summed E-state index contributed by atoms with van der Waals surface area (Å²) in [6, 6.07) is 14.1. The number of hydrogen-bond donors (Lipinski definition) is 2. The second-order valence-electron chi connectivity index (χ2n) is 4.68. The van der Waals surface area contributed by atoms with Gasteiger partial charge < -0.3 is 0 Å². The molecule has 0 aliphatic carbocycles. The van der Waals surface area contributed by atoms with Gasteiger partial charge in [-0.15, -0.1) is 0 Å². The van der Waals surface area contributed by atoms with Crippen LogP contribution in [0.1, 0.15) is 21.5 Å². The van der Waals surface area contributed by atoms with Crippen LogP contribution >= 0.6 is 11.6 Å². The molecule has 2 rings (SSSR count). The molecule has 2 aromatic rings. The molecule has 0 saturated heterocycles. The molecule has 0 saturated carbocycles. The van der Waals surface area contributed by atoms with Crippen molar-refractivity contribution in [3.8, 4) is 0 Å². The standard InChI is InChI=1S/C16H15ClN2O2/c1-11-5-7-12(8-6-11)9-15(20)18-19-16(21)13-3-2-4-14(17)10-13/h2-8,10H,9H2,1H3,(H,18,20)(H,19,21). The van der Waals surface area contributed by atoms with E-state index < -0.39 is 5.91 Å². The van der Waals surface area contributed by atoms with Crippen LogP contribution in [0.25, 0.3) is 0 Å². The highest BCUT2D eigenvalue weighted by Gasteiger charge is 2.08. The third kappa shape index (κ3) is 4.61. The highest BCUT2D eigenvalue weighted by Crippen LogP contribution is 2.10. The third-order valence-corrected chi connectivity index (χ3v) is 3.12. The van der Waals surface area contributed by atoms with Gasteiger partial charge in [0.05, 0.1) is 6.42 Å². The maximum atomic E-state index is 11.8. The molecule has 0 atom stereocenters. The van der Waals surface area contributed by atoms with Gasteiger partial charge in [-0.2, -0.15) is 0 Å². The molecule has 2 aromatic carbocycles. The molecule has 2 N–H and O–H groups in total. The predicted octanol–water partition coefficient (Wildman–Crippen LogP) is 2.65. The summed E-state index contributed by atoms with van der Waals surface area (Å²) >= 11 is 5.80. The number of rotatable bonds is 3. The van der Waals surface area contributed by atoms with E-state index in [4.69, 9.17) is 11.6 Å². The van der Waals surface area contributed by atoms with Crippen molar-refractivity contribution < 1.29 is 9.59 Å². The van der Waals surface area contributed by atoms with Crippen LogP contribution in [0.4, 0.5) is 0 Å². The summed E-state index contributed by atoms with van der Waals surface area (Å²) in [7, 11) is 0. The Bertz CT molecular complexity index is 654. The predicted molar refractivity (Wildman–Crippen MR) is 81.9 cm³/mol. The Morgan fingerprint density at radius 3 is 2.43 bits per heavy atom. The van der Waals surface area contributed by atoms with Gasteiger partial charge in [-0.1, -0.05) is 47.5 Å². The van der Waals surface area contributed by atoms with Gasteiger partial charge in [0, 0.05) is 10.6 Å². The van der Waals surface area contributed by atoms with E-state index >= 15 is 0 Å². The normalized spacial score (nSPS) is 10.0. The molecule has 0 radical (unpaired) electrons. The molecule has 21 heavy (non-hydrogen) atoms. The lowest BCUT2D eigenvalue weighted by Crippen LogP contribution is -2.42. The number of carbonyl (C=O) groups is 2. The van der Waals surface area contributed by atoms with Crippen LogP contribution in [0.5, 0.6) is 0 Å². The first-order valence-corrected chi connectivity index (χ1v) is 6.83. The second kappa shape index (κ2) is 6.90. The fraction of sp³-hybridized carbons (Fsp3) is 0.125. The van der Waals surface area contributed by atoms with Crippen molar-refractivity contribution in [2.75, 3.05) is 0 Å². The molecule has 0 bridgehead atoms. The van der Waals surface area contributed by atoms with Crippen LogP contribution in [0.3, 0.4) is 0 Å². The fourth-order valence-electron chi connectivity index (χ4n) is 1.76. The van der Waals surface area contributed by atoms with Gasteiger partial charge in [0.15, 0.2) is 0 Å². The highest BCUT2D eigenvalue weighted by atomic mass is 35.5. The average Bonchev–Trinajstić information content (AvgIpc) is 2.47. The van der Waals surface area contributed by atoms with Crippen molar-refractivity contribution >= 4 is 23.4 Å². The summed E-state index contributed by atoms with van der Waals surface area (Å²) < 4.78 is 0. The molecule has 0 aliphatic heterocycles. The van der Waals surface area contributed by atoms with Crippen LogP contribution < -0.4 is 10.9 Å². The van der Waals surface area contributed by atoms with E-state index in [0.717, 1.165) is 11.1 Å². The summed E-state index contributed by atoms with van der Waals surface area (Å²) in [5.74, 6) is -0.691. The van der Waals surface area contributed by atoms with Gasteiger partial charge in [0.25, 0.3) is 5.91 Å². The summed E-state index contributed by atoms with van der Waals surface area (Å²) in [5, 5.41) is 0.466. The number of benzene rings is 2. The minimum atomic E-state index is -0.408. The lowest BCUT2D eigenvalue weighted by Gasteiger charge is -2.08. The van der Waals surface area contributed by atoms with E-state index in [1.54, 1.807) is 18.2 Å². The molecule has 5 heteroatoms. The zero-order valence-electron chi connectivity index (χ0n) is 11.5. The smallest absolute Gasteiger partial charge is 0.269 e. The first-order valence-electron chi connectivity index (χ1n) is 6.45. The largest absolute Gasteiger partial charge is 0.273 e. The van der Waals surface area contributed by atoms with Gasteiger partial charge >= 0.3 is 0 Å². The number of aryl methyl sites for hydroxylation is 1. The molecule has 0 aliphatic rings. The minimum Gasteiger partial charge on any atom is -0.273 e. The molecule has 108 valence electrons. The Morgan fingerprint density at radius 1 is 1.05 bits per heavy atom. The summed E-state index contributed by atoms with van der Waals surface area (Å²) in [6.45, 7) is 1.98. The number of halogens is 1. The molecule has 0 unspecified atom stereocenters. The first kappa shape index (κ1) is 15.1. The molecule has 0 aromatic heterocycles. The quantitative estimate of drug-likeness (QED) is 0.856. The van der Waals surface area contributed by atoms with E-state index in [-0.39, 0.29) is 12.3 Å². The zero-order chi connectivity index (χ0) is 15.2. The Hall–Kier alpha value is -2.33. The zero-order valence-corrected chi connectivity index (χ0v) is 12.3. The number of carbonyl (C=O) groups excluding carboxylic acids is 2. The monoisotopic (exact) mass is 302 g/mol. The molecule has 0 heterocycles. The Kier molecular flexibility index (Phi) is 4.95. The molecule has 0 fully saturated rings. The second-order valence-corrected chi connectivity index (χ2v) is 5.11. The topological polar surface area (TPSA) is 58.2 Å². The van der Waals surface area contributed by atoms with Crippen molar-refractivity contribution in [3.05, 3.63) is 70.2 Å². The Labute approximate surface area is 128 Å². The Morgan fingerprint density at radius 2 is 1.76 bits per heavy atom. The van der Waals surface area contributed by atoms with Crippen LogP contribution in [0, 0.1) is 6.92 Å². The molecule has 0 spiro atoms. The highest BCUT2D eigenvalue weighted by molar-refractivity contribution is 6.30. The third-order valence-electron chi connectivity index (χ3n) is 2.89. The van der Waals surface area contributed by atoms with E-state index in [9.17, 15) is 9.59 Å². The van der Waals surface area contributed by atoms with Gasteiger partial charge in [0.1, 0.15) is 0 Å². The Balaban J connectivity index is 1.86. The minimum absolute atomic E-state index is 0.204. The number of amides is 2. The van der Waals surface area contributed by atoms with Crippen molar-refractivity contribution in [1.82, 2.24) is 10.9 Å². The van der Waals surface area contributed by atoms with Crippen LogP contribution in [0.2, 0.25) is 5.02 Å². The first-order chi connectivity index (χ1) is 10.0. The summed E-state index contributed by atoms with van der Waals surface area (Å²) in [4.78, 5) is 23.6. The SMILES string of the molecule is Cc1ccc(CC(=O)NNC(=O)c2cccc(Cl)c2)cc1. The van der Waals surface area contributed by atoms with E-state index in [1.165, 1.54) is 6.07 Å². The lowest BCUT2D eigenvalue weighted by molar-refractivity contribution is -0.121. The number of hydrazine groups is 1. The molecular weight excluding hydrogens is 288 g/mol. The van der Waals surface area contributed by atoms with Crippen molar-refractivity contribution in [3.63, 3.8) is 0 Å². The maximum absolute atomic E-state index is 11.8. The fourth-order valence-corrected chi connectivity index (χ4v) is 1.95. The van der Waals surface area contributed by atoms with Crippen molar-refractivity contribution in [1.29, 1.82) is 0 Å². The van der Waals surface area contributed by atoms with Gasteiger partial charge in [-0.05, 0) is 30.7 Å². The lowest BCUT2D eigenvalue weighted by atomic mass is 10.1. The van der Waals surface area contributed by atoms with Crippen LogP contribution in [-0.4, -0.2) is 11.8 Å². The van der Waals surface area contributed by atoms with Gasteiger partial charge in [-0.25, -0.2) is 0 Å². The van der Waals surface area contributed by atoms with Crippen LogP contribution in [-0.2, 0) is 11.2 Å². The van der Waals surface area contributed by atoms with Gasteiger partial charge in [-0.3, -0.25) is 20.4 Å². The number of nitrogens with one attached hydrogen (secondary N) is 2. The van der Waals surface area contributed by atoms with Crippen molar-refractivity contribution in [2.45, 2.75) is 13.3 Å². The summed E-state index contributed by atoms with van der Waals surface area (Å²) in [6.07, 6.45) is 0.204. The summed E-state index contributed by atoms with van der Waals surface area (Å²) in [5.41, 5.74) is 7.15. The van der Waals surface area contributed by atoms with E-state index in [1.807, 2.05) is 31.2 Å². The maximum Gasteiger partial charge on any atom is 0.269 e. The van der Waals surface area contributed by atoms with E-state index in [2.05, 4.69) is 10.9 Å². The van der Waals surface area contributed by atoms with Crippen LogP contribution in [0.15, 0.2) is 48.5 Å². The van der Waals surface area contributed by atoms with E-state index in [0.29, 0.717) is 10.6 Å². The number of hydrogen-bond acceptors (Lipinski definition) is 2. The van der Waals surface area contributed by atoms with Gasteiger partial charge in [0.2, 0.25) is 5.91 Å². The molecule has 2 amide bonds. The average molecular weight is 303 g/mol.